The fourth-order valence-corrected chi connectivity index (χ4v) is 3.51. The van der Waals surface area contributed by atoms with Gasteiger partial charge in [0.2, 0.25) is 23.2 Å². The van der Waals surface area contributed by atoms with Crippen LogP contribution in [-0.4, -0.2) is 27.3 Å². The number of anilines is 1. The lowest BCUT2D eigenvalue weighted by Gasteiger charge is -2.30. The fourth-order valence-electron chi connectivity index (χ4n) is 3.04. The third kappa shape index (κ3) is 3.18. The standard InChI is InChI=1S/C19H14ClFN4O2S/c1-10(26)25-15-8-7-11(20)9-13(15)16-17(22-19(28-2)24-23-16)27-18(25)12-5-3-4-6-14(12)21/h3-9,18H,1-2H3/t18-/m0/s1. The molecule has 0 aliphatic carbocycles. The molecule has 0 radical (unpaired) electrons. The van der Waals surface area contributed by atoms with Gasteiger partial charge >= 0.3 is 0 Å². The average Bonchev–Trinajstić information content (AvgIpc) is 2.82. The molecule has 1 atom stereocenters. The molecule has 4 rings (SSSR count). The summed E-state index contributed by atoms with van der Waals surface area (Å²) in [6, 6.07) is 11.1. The van der Waals surface area contributed by atoms with Crippen molar-refractivity contribution < 1.29 is 13.9 Å². The molecule has 0 unspecified atom stereocenters. The summed E-state index contributed by atoms with van der Waals surface area (Å²) in [6.07, 6.45) is 0.743. The van der Waals surface area contributed by atoms with Gasteiger partial charge in [-0.15, -0.1) is 10.2 Å². The Morgan fingerprint density at radius 1 is 1.25 bits per heavy atom. The molecule has 2 aromatic carbocycles. The maximum atomic E-state index is 14.6. The normalized spacial score (nSPS) is 15.3. The van der Waals surface area contributed by atoms with Crippen LogP contribution < -0.4 is 9.64 Å². The smallest absolute Gasteiger partial charge is 0.247 e. The number of aromatic nitrogens is 3. The van der Waals surface area contributed by atoms with Gasteiger partial charge in [0.05, 0.1) is 5.69 Å². The molecular weight excluding hydrogens is 403 g/mol. The van der Waals surface area contributed by atoms with Crippen LogP contribution in [0.5, 0.6) is 5.88 Å². The van der Waals surface area contributed by atoms with Gasteiger partial charge in [0.15, 0.2) is 5.69 Å². The maximum absolute atomic E-state index is 14.6. The van der Waals surface area contributed by atoms with Crippen molar-refractivity contribution in [2.24, 2.45) is 0 Å². The second-order valence-corrected chi connectivity index (χ2v) is 7.20. The van der Waals surface area contributed by atoms with E-state index in [2.05, 4.69) is 15.2 Å². The quantitative estimate of drug-likeness (QED) is 0.573. The number of ether oxygens (including phenoxy) is 1. The average molecular weight is 417 g/mol. The number of hydrogen-bond acceptors (Lipinski definition) is 6. The zero-order chi connectivity index (χ0) is 19.8. The van der Waals surface area contributed by atoms with Gasteiger partial charge in [-0.3, -0.25) is 9.69 Å². The molecular formula is C19H14ClFN4O2S. The van der Waals surface area contributed by atoms with Gasteiger partial charge in [-0.1, -0.05) is 41.6 Å². The van der Waals surface area contributed by atoms with Crippen LogP contribution in [0.25, 0.3) is 11.3 Å². The summed E-state index contributed by atoms with van der Waals surface area (Å²) < 4.78 is 20.7. The van der Waals surface area contributed by atoms with Crippen LogP contribution in [0.15, 0.2) is 47.6 Å². The highest BCUT2D eigenvalue weighted by Gasteiger charge is 2.36. The first-order valence-electron chi connectivity index (χ1n) is 8.29. The number of nitrogens with zero attached hydrogens (tertiary/aromatic N) is 4. The molecule has 28 heavy (non-hydrogen) atoms. The molecule has 6 nitrogen and oxygen atoms in total. The highest BCUT2D eigenvalue weighted by Crippen LogP contribution is 2.44. The number of fused-ring (bicyclic) bond motifs is 3. The first-order valence-corrected chi connectivity index (χ1v) is 9.89. The van der Waals surface area contributed by atoms with Crippen LogP contribution >= 0.6 is 23.4 Å². The van der Waals surface area contributed by atoms with E-state index < -0.39 is 12.0 Å². The lowest BCUT2D eigenvalue weighted by Crippen LogP contribution is -2.36. The molecule has 1 aliphatic rings. The van der Waals surface area contributed by atoms with E-state index in [0.29, 0.717) is 27.1 Å². The first kappa shape index (κ1) is 18.6. The molecule has 9 heteroatoms. The summed E-state index contributed by atoms with van der Waals surface area (Å²) in [5, 5.41) is 9.14. The van der Waals surface area contributed by atoms with Gasteiger partial charge in [-0.2, -0.15) is 4.98 Å². The summed E-state index contributed by atoms with van der Waals surface area (Å²) in [4.78, 5) is 18.3. The molecule has 1 aliphatic heterocycles. The van der Waals surface area contributed by atoms with Crippen LogP contribution in [0.3, 0.4) is 0 Å². The van der Waals surface area contributed by atoms with Crippen LogP contribution in [0, 0.1) is 5.82 Å². The minimum atomic E-state index is -1.06. The molecule has 2 heterocycles. The number of amides is 1. The summed E-state index contributed by atoms with van der Waals surface area (Å²) in [5.41, 5.74) is 1.55. The highest BCUT2D eigenvalue weighted by molar-refractivity contribution is 7.98. The molecule has 1 aromatic heterocycles. The van der Waals surface area contributed by atoms with Crippen LogP contribution in [-0.2, 0) is 4.79 Å². The molecule has 142 valence electrons. The Morgan fingerprint density at radius 2 is 2.04 bits per heavy atom. The van der Waals surface area contributed by atoms with Gasteiger partial charge in [-0.05, 0) is 30.5 Å². The lowest BCUT2D eigenvalue weighted by molar-refractivity contribution is -0.118. The minimum absolute atomic E-state index is 0.153. The number of benzene rings is 2. The van der Waals surface area contributed by atoms with Crippen LogP contribution in [0.1, 0.15) is 18.7 Å². The third-order valence-electron chi connectivity index (χ3n) is 4.26. The van der Waals surface area contributed by atoms with Gasteiger partial charge in [0, 0.05) is 23.1 Å². The number of carbonyl (C=O) groups excluding carboxylic acids is 1. The maximum Gasteiger partial charge on any atom is 0.247 e. The van der Waals surface area contributed by atoms with Gasteiger partial charge in [0.1, 0.15) is 5.82 Å². The number of thioether (sulfide) groups is 1. The second kappa shape index (κ2) is 7.37. The molecule has 0 spiro atoms. The monoisotopic (exact) mass is 416 g/mol. The van der Waals surface area contributed by atoms with E-state index in [4.69, 9.17) is 16.3 Å². The van der Waals surface area contributed by atoms with Crippen molar-refractivity contribution >= 4 is 35.0 Å². The molecule has 0 fully saturated rings. The first-order chi connectivity index (χ1) is 13.5. The van der Waals surface area contributed by atoms with E-state index in [1.807, 2.05) is 0 Å². The summed E-state index contributed by atoms with van der Waals surface area (Å²) in [6.45, 7) is 1.39. The molecule has 3 aromatic rings. The van der Waals surface area contributed by atoms with Crippen LogP contribution in [0.4, 0.5) is 10.1 Å². The zero-order valence-corrected chi connectivity index (χ0v) is 16.5. The molecule has 0 N–H and O–H groups in total. The van der Waals surface area contributed by atoms with Gasteiger partial charge < -0.3 is 4.74 Å². The third-order valence-corrected chi connectivity index (χ3v) is 5.03. The van der Waals surface area contributed by atoms with Gasteiger partial charge in [0.25, 0.3) is 0 Å². The number of carbonyl (C=O) groups is 1. The fraction of sp³-hybridized carbons (Fsp3) is 0.158. The van der Waals surface area contributed by atoms with E-state index in [1.165, 1.54) is 29.7 Å². The van der Waals surface area contributed by atoms with Crippen molar-refractivity contribution in [2.75, 3.05) is 11.2 Å². The van der Waals surface area contributed by atoms with Gasteiger partial charge in [-0.25, -0.2) is 4.39 Å². The second-order valence-electron chi connectivity index (χ2n) is 5.99. The Bertz CT molecular complexity index is 1080. The van der Waals surface area contributed by atoms with E-state index in [1.54, 1.807) is 42.7 Å². The van der Waals surface area contributed by atoms with E-state index in [0.717, 1.165) is 0 Å². The predicted molar refractivity (Wildman–Crippen MR) is 105 cm³/mol. The largest absolute Gasteiger partial charge is 0.447 e. The SMILES string of the molecule is CSc1nnc2c(n1)O[C@@H](c1ccccc1F)N(C(C)=O)c1ccc(Cl)cc1-2. The van der Waals surface area contributed by atoms with Crippen molar-refractivity contribution in [2.45, 2.75) is 18.3 Å². The minimum Gasteiger partial charge on any atom is -0.447 e. The van der Waals surface area contributed by atoms with Crippen LogP contribution in [0.2, 0.25) is 5.02 Å². The topological polar surface area (TPSA) is 68.2 Å². The van der Waals surface area contributed by atoms with Crippen molar-refractivity contribution in [1.29, 1.82) is 0 Å². The number of halogens is 2. The van der Waals surface area contributed by atoms with Crippen molar-refractivity contribution in [3.63, 3.8) is 0 Å². The molecule has 1 amide bonds. The lowest BCUT2D eigenvalue weighted by atomic mass is 10.1. The Kier molecular flexibility index (Phi) is 4.91. The Morgan fingerprint density at radius 3 is 2.75 bits per heavy atom. The summed E-state index contributed by atoms with van der Waals surface area (Å²) in [7, 11) is 0. The van der Waals surface area contributed by atoms with Crippen molar-refractivity contribution in [3.05, 3.63) is 58.9 Å². The molecule has 0 bridgehead atoms. The Hall–Kier alpha value is -2.71. The molecule has 0 saturated heterocycles. The van der Waals surface area contributed by atoms with E-state index >= 15 is 0 Å². The Balaban J connectivity index is 2.02. The molecule has 0 saturated carbocycles. The zero-order valence-electron chi connectivity index (χ0n) is 14.9. The summed E-state index contributed by atoms with van der Waals surface area (Å²) in [5.74, 6) is -0.674. The van der Waals surface area contributed by atoms with Crippen molar-refractivity contribution in [3.8, 4) is 17.1 Å². The van der Waals surface area contributed by atoms with E-state index in [9.17, 15) is 9.18 Å². The summed E-state index contributed by atoms with van der Waals surface area (Å²) >= 11 is 7.48. The van der Waals surface area contributed by atoms with E-state index in [-0.39, 0.29) is 17.4 Å². The predicted octanol–water partition coefficient (Wildman–Crippen LogP) is 4.50. The number of rotatable bonds is 2. The number of hydrogen-bond donors (Lipinski definition) is 0. The Labute approximate surface area is 169 Å². The highest BCUT2D eigenvalue weighted by atomic mass is 35.5. The van der Waals surface area contributed by atoms with Crippen molar-refractivity contribution in [1.82, 2.24) is 15.2 Å².